The van der Waals surface area contributed by atoms with E-state index >= 15 is 0 Å². The van der Waals surface area contributed by atoms with Crippen molar-refractivity contribution in [1.29, 1.82) is 0 Å². The number of nitrogens with zero attached hydrogens (tertiary/aromatic N) is 1. The van der Waals surface area contributed by atoms with Gasteiger partial charge in [0.05, 0.1) is 0 Å². The van der Waals surface area contributed by atoms with Crippen molar-refractivity contribution in [3.63, 3.8) is 0 Å². The van der Waals surface area contributed by atoms with Gasteiger partial charge >= 0.3 is 5.97 Å². The number of aryl methyl sites for hydroxylation is 1. The first kappa shape index (κ1) is 10.9. The molecule has 0 saturated carbocycles. The predicted molar refractivity (Wildman–Crippen MR) is 61.3 cm³/mol. The third-order valence-electron chi connectivity index (χ3n) is 2.12. The van der Waals surface area contributed by atoms with E-state index in [1.165, 1.54) is 6.07 Å². The minimum atomic E-state index is -1.10. The first-order valence-electron chi connectivity index (χ1n) is 4.54. The molecule has 2 rings (SSSR count). The van der Waals surface area contributed by atoms with Crippen molar-refractivity contribution in [2.24, 2.45) is 0 Å². The van der Waals surface area contributed by atoms with Crippen LogP contribution in [0.3, 0.4) is 0 Å². The van der Waals surface area contributed by atoms with Gasteiger partial charge in [0, 0.05) is 16.1 Å². The van der Waals surface area contributed by atoms with Crippen LogP contribution in [0.15, 0.2) is 33.3 Å². The Morgan fingerprint density at radius 1 is 1.44 bits per heavy atom. The van der Waals surface area contributed by atoms with Gasteiger partial charge in [0.1, 0.15) is 0 Å². The van der Waals surface area contributed by atoms with Crippen LogP contribution in [0.5, 0.6) is 0 Å². The van der Waals surface area contributed by atoms with Gasteiger partial charge in [0.15, 0.2) is 11.5 Å². The Bertz CT molecular complexity index is 548. The van der Waals surface area contributed by atoms with Crippen molar-refractivity contribution >= 4 is 21.9 Å². The zero-order valence-electron chi connectivity index (χ0n) is 8.40. The second-order valence-electron chi connectivity index (χ2n) is 3.36. The maximum Gasteiger partial charge on any atom is 0.358 e. The van der Waals surface area contributed by atoms with E-state index in [1.807, 2.05) is 25.1 Å². The van der Waals surface area contributed by atoms with Gasteiger partial charge < -0.3 is 9.63 Å². The average Bonchev–Trinajstić information content (AvgIpc) is 2.70. The van der Waals surface area contributed by atoms with Crippen LogP contribution in [0, 0.1) is 6.92 Å². The lowest BCUT2D eigenvalue weighted by Gasteiger charge is -2.00. The molecule has 1 N–H and O–H groups in total. The summed E-state index contributed by atoms with van der Waals surface area (Å²) in [6.45, 7) is 1.95. The molecule has 0 fully saturated rings. The Kier molecular flexibility index (Phi) is 2.78. The van der Waals surface area contributed by atoms with Gasteiger partial charge in [-0.05, 0) is 19.1 Å². The smallest absolute Gasteiger partial charge is 0.358 e. The summed E-state index contributed by atoms with van der Waals surface area (Å²) in [6.07, 6.45) is 0. The van der Waals surface area contributed by atoms with E-state index in [2.05, 4.69) is 21.1 Å². The molecule has 0 aliphatic carbocycles. The maximum atomic E-state index is 10.7. The fourth-order valence-electron chi connectivity index (χ4n) is 1.33. The first-order chi connectivity index (χ1) is 7.58. The number of rotatable bonds is 2. The quantitative estimate of drug-likeness (QED) is 0.919. The van der Waals surface area contributed by atoms with Crippen LogP contribution >= 0.6 is 15.9 Å². The number of aromatic nitrogens is 1. The lowest BCUT2D eigenvalue weighted by atomic mass is 10.1. The molecule has 0 aliphatic rings. The second kappa shape index (κ2) is 4.09. The highest BCUT2D eigenvalue weighted by Gasteiger charge is 2.14. The number of carboxylic acid groups (broad SMARTS) is 1. The monoisotopic (exact) mass is 281 g/mol. The van der Waals surface area contributed by atoms with Crippen LogP contribution in [0.25, 0.3) is 11.3 Å². The Morgan fingerprint density at radius 2 is 2.19 bits per heavy atom. The molecule has 1 aromatic carbocycles. The van der Waals surface area contributed by atoms with Gasteiger partial charge in [0.25, 0.3) is 0 Å². The van der Waals surface area contributed by atoms with Crippen molar-refractivity contribution < 1.29 is 14.4 Å². The molecule has 0 spiro atoms. The SMILES string of the molecule is Cc1ccc(Br)c(-c2cc(C(=O)O)no2)c1. The molecule has 0 unspecified atom stereocenters. The standard InChI is InChI=1S/C11H8BrNO3/c1-6-2-3-8(12)7(4-6)10-5-9(11(14)15)13-16-10/h2-5H,1H3,(H,14,15). The number of benzene rings is 1. The summed E-state index contributed by atoms with van der Waals surface area (Å²) in [6, 6.07) is 7.13. The second-order valence-corrected chi connectivity index (χ2v) is 4.22. The van der Waals surface area contributed by atoms with Crippen molar-refractivity contribution in [3.05, 3.63) is 40.0 Å². The Balaban J connectivity index is 2.50. The number of carboxylic acids is 1. The molecule has 82 valence electrons. The van der Waals surface area contributed by atoms with Crippen LogP contribution < -0.4 is 0 Å². The van der Waals surface area contributed by atoms with E-state index in [4.69, 9.17) is 9.63 Å². The summed E-state index contributed by atoms with van der Waals surface area (Å²) in [4.78, 5) is 10.7. The molecule has 5 heteroatoms. The van der Waals surface area contributed by atoms with E-state index in [-0.39, 0.29) is 5.69 Å². The number of hydrogen-bond donors (Lipinski definition) is 1. The van der Waals surface area contributed by atoms with E-state index in [0.29, 0.717) is 5.76 Å². The van der Waals surface area contributed by atoms with Crippen molar-refractivity contribution in [2.45, 2.75) is 6.92 Å². The fraction of sp³-hybridized carbons (Fsp3) is 0.0909. The molecule has 1 aromatic heterocycles. The predicted octanol–water partition coefficient (Wildman–Crippen LogP) is 3.11. The van der Waals surface area contributed by atoms with E-state index in [0.717, 1.165) is 15.6 Å². The molecule has 0 aliphatic heterocycles. The van der Waals surface area contributed by atoms with Crippen molar-refractivity contribution in [2.75, 3.05) is 0 Å². The van der Waals surface area contributed by atoms with Crippen LogP contribution in [0.4, 0.5) is 0 Å². The van der Waals surface area contributed by atoms with Crippen molar-refractivity contribution in [3.8, 4) is 11.3 Å². The maximum absolute atomic E-state index is 10.7. The minimum Gasteiger partial charge on any atom is -0.476 e. The molecule has 0 bridgehead atoms. The van der Waals surface area contributed by atoms with E-state index in [9.17, 15) is 4.79 Å². The summed E-state index contributed by atoms with van der Waals surface area (Å²) < 4.78 is 5.83. The van der Waals surface area contributed by atoms with Crippen molar-refractivity contribution in [1.82, 2.24) is 5.16 Å². The molecular formula is C11H8BrNO3. The largest absolute Gasteiger partial charge is 0.476 e. The Labute approximate surface area is 100 Å². The normalized spacial score (nSPS) is 10.4. The first-order valence-corrected chi connectivity index (χ1v) is 5.34. The van der Waals surface area contributed by atoms with Gasteiger partial charge in [-0.3, -0.25) is 0 Å². The summed E-state index contributed by atoms with van der Waals surface area (Å²) in [5, 5.41) is 12.2. The van der Waals surface area contributed by atoms with Crippen LogP contribution in [-0.4, -0.2) is 16.2 Å². The molecule has 0 saturated heterocycles. The lowest BCUT2D eigenvalue weighted by molar-refractivity contribution is 0.0686. The molecule has 1 heterocycles. The van der Waals surface area contributed by atoms with E-state index in [1.54, 1.807) is 0 Å². The topological polar surface area (TPSA) is 63.3 Å². The number of halogens is 1. The van der Waals surface area contributed by atoms with Gasteiger partial charge in [-0.2, -0.15) is 0 Å². The van der Waals surface area contributed by atoms with Crippen LogP contribution in [-0.2, 0) is 0 Å². The van der Waals surface area contributed by atoms with E-state index < -0.39 is 5.97 Å². The highest BCUT2D eigenvalue weighted by atomic mass is 79.9. The van der Waals surface area contributed by atoms with Gasteiger partial charge in [-0.15, -0.1) is 0 Å². The zero-order valence-corrected chi connectivity index (χ0v) is 9.98. The molecule has 0 amide bonds. The van der Waals surface area contributed by atoms with Crippen LogP contribution in [0.2, 0.25) is 0 Å². The van der Waals surface area contributed by atoms with Gasteiger partial charge in [-0.1, -0.05) is 32.7 Å². The van der Waals surface area contributed by atoms with Gasteiger partial charge in [-0.25, -0.2) is 4.79 Å². The average molecular weight is 282 g/mol. The molecule has 16 heavy (non-hydrogen) atoms. The molecule has 0 radical (unpaired) electrons. The number of carbonyl (C=O) groups is 1. The highest BCUT2D eigenvalue weighted by Crippen LogP contribution is 2.29. The summed E-state index contributed by atoms with van der Waals surface area (Å²) in [5.74, 6) is -0.660. The molecule has 4 nitrogen and oxygen atoms in total. The summed E-state index contributed by atoms with van der Waals surface area (Å²) >= 11 is 3.38. The molecule has 2 aromatic rings. The third kappa shape index (κ3) is 1.99. The third-order valence-corrected chi connectivity index (χ3v) is 2.81. The summed E-state index contributed by atoms with van der Waals surface area (Å²) in [7, 11) is 0. The highest BCUT2D eigenvalue weighted by molar-refractivity contribution is 9.10. The minimum absolute atomic E-state index is 0.0941. The fourth-order valence-corrected chi connectivity index (χ4v) is 1.77. The lowest BCUT2D eigenvalue weighted by Crippen LogP contribution is -1.94. The number of aromatic carboxylic acids is 1. The number of hydrogen-bond acceptors (Lipinski definition) is 3. The molecular weight excluding hydrogens is 274 g/mol. The Morgan fingerprint density at radius 3 is 2.81 bits per heavy atom. The zero-order chi connectivity index (χ0) is 11.7. The Hall–Kier alpha value is -1.62. The molecule has 0 atom stereocenters. The van der Waals surface area contributed by atoms with Crippen LogP contribution in [0.1, 0.15) is 16.1 Å². The van der Waals surface area contributed by atoms with Gasteiger partial charge in [0.2, 0.25) is 0 Å². The summed E-state index contributed by atoms with van der Waals surface area (Å²) in [5.41, 5.74) is 1.76.